The van der Waals surface area contributed by atoms with Crippen molar-refractivity contribution in [3.8, 4) is 5.75 Å². The summed E-state index contributed by atoms with van der Waals surface area (Å²) in [5, 5.41) is 4.88. The zero-order valence-electron chi connectivity index (χ0n) is 18.3. The number of benzene rings is 3. The summed E-state index contributed by atoms with van der Waals surface area (Å²) in [4.78, 5) is 28.5. The van der Waals surface area contributed by atoms with E-state index in [1.54, 1.807) is 23.8 Å². The van der Waals surface area contributed by atoms with Gasteiger partial charge >= 0.3 is 5.97 Å². The molecule has 3 aromatic carbocycles. The number of fused-ring (bicyclic) bond motifs is 3. The summed E-state index contributed by atoms with van der Waals surface area (Å²) in [6, 6.07) is 19.7. The number of rotatable bonds is 6. The maximum Gasteiger partial charge on any atom is 0.303 e. The van der Waals surface area contributed by atoms with Crippen LogP contribution in [0.4, 0.5) is 5.69 Å². The van der Waals surface area contributed by atoms with Gasteiger partial charge in [-0.1, -0.05) is 42.5 Å². The second-order valence-corrected chi connectivity index (χ2v) is 8.72. The lowest BCUT2D eigenvalue weighted by molar-refractivity contribution is -0.152. The van der Waals surface area contributed by atoms with Gasteiger partial charge in [0.05, 0.1) is 18.0 Å². The molecule has 166 valence electrons. The van der Waals surface area contributed by atoms with Crippen LogP contribution in [-0.4, -0.2) is 45.2 Å². The quantitative estimate of drug-likeness (QED) is 0.569. The molecule has 1 heterocycles. The predicted molar refractivity (Wildman–Crippen MR) is 127 cm³/mol. The first kappa shape index (κ1) is 22.2. The van der Waals surface area contributed by atoms with Crippen LogP contribution in [0, 0.1) is 0 Å². The minimum atomic E-state index is -0.950. The molecule has 2 atom stereocenters. The molecule has 0 spiro atoms. The fraction of sp³-hybridized carbons (Fsp3) is 0.280. The number of carbonyl (C=O) groups is 2. The van der Waals surface area contributed by atoms with E-state index in [0.717, 1.165) is 32.7 Å². The number of anilines is 1. The molecule has 6 nitrogen and oxygen atoms in total. The summed E-state index contributed by atoms with van der Waals surface area (Å²) < 4.78 is 11.0. The van der Waals surface area contributed by atoms with Gasteiger partial charge in [0.2, 0.25) is 0 Å². The van der Waals surface area contributed by atoms with E-state index in [1.165, 1.54) is 6.92 Å². The molecular weight excluding hydrogens is 424 g/mol. The minimum Gasteiger partial charge on any atom is -0.497 e. The molecule has 3 aromatic rings. The second kappa shape index (κ2) is 9.63. The molecule has 0 saturated heterocycles. The lowest BCUT2D eigenvalue weighted by Crippen LogP contribution is -2.45. The molecule has 0 aromatic heterocycles. The molecule has 0 saturated carbocycles. The number of likely N-dealkylation sites (N-methyl/N-ethyl adjacent to an activating group) is 1. The number of amides is 1. The highest BCUT2D eigenvalue weighted by Crippen LogP contribution is 2.49. The third kappa shape index (κ3) is 4.31. The van der Waals surface area contributed by atoms with Crippen LogP contribution in [0.5, 0.6) is 5.75 Å². The summed E-state index contributed by atoms with van der Waals surface area (Å²) in [5.41, 5.74) is 1.73. The largest absolute Gasteiger partial charge is 0.497 e. The van der Waals surface area contributed by atoms with E-state index in [9.17, 15) is 9.59 Å². The van der Waals surface area contributed by atoms with Gasteiger partial charge in [0, 0.05) is 24.9 Å². The Labute approximate surface area is 191 Å². The first-order valence-electron chi connectivity index (χ1n) is 10.5. The fourth-order valence-electron chi connectivity index (χ4n) is 3.94. The Balaban J connectivity index is 1.90. The summed E-state index contributed by atoms with van der Waals surface area (Å²) >= 11 is 1.56. The average molecular weight is 451 g/mol. The lowest BCUT2D eigenvalue weighted by Gasteiger charge is -2.27. The number of esters is 1. The highest BCUT2D eigenvalue weighted by Gasteiger charge is 2.41. The van der Waals surface area contributed by atoms with Crippen molar-refractivity contribution < 1.29 is 19.1 Å². The smallest absolute Gasteiger partial charge is 0.303 e. The number of methoxy groups -OCH3 is 1. The minimum absolute atomic E-state index is 0.224. The molecule has 0 aliphatic carbocycles. The molecule has 1 N–H and O–H groups in total. The van der Waals surface area contributed by atoms with E-state index >= 15 is 0 Å². The van der Waals surface area contributed by atoms with Crippen LogP contribution in [0.3, 0.4) is 0 Å². The zero-order chi connectivity index (χ0) is 22.7. The van der Waals surface area contributed by atoms with E-state index in [1.807, 2.05) is 55.6 Å². The van der Waals surface area contributed by atoms with E-state index in [-0.39, 0.29) is 5.91 Å². The van der Waals surface area contributed by atoms with Crippen molar-refractivity contribution in [1.82, 2.24) is 5.32 Å². The number of thioether (sulfide) groups is 1. The Morgan fingerprint density at radius 1 is 1.09 bits per heavy atom. The Morgan fingerprint density at radius 2 is 1.84 bits per heavy atom. The van der Waals surface area contributed by atoms with Crippen LogP contribution in [0.15, 0.2) is 65.6 Å². The number of hydrogen-bond acceptors (Lipinski definition) is 6. The summed E-state index contributed by atoms with van der Waals surface area (Å²) in [6.07, 6.45) is -0.950. The predicted octanol–water partition coefficient (Wildman–Crippen LogP) is 4.18. The average Bonchev–Trinajstić information content (AvgIpc) is 2.92. The number of nitrogens with zero attached hydrogens (tertiary/aromatic N) is 1. The third-order valence-electron chi connectivity index (χ3n) is 5.50. The van der Waals surface area contributed by atoms with Gasteiger partial charge in [0.25, 0.3) is 5.91 Å². The van der Waals surface area contributed by atoms with Crippen molar-refractivity contribution in [3.05, 3.63) is 66.2 Å². The highest BCUT2D eigenvalue weighted by atomic mass is 32.2. The molecule has 0 bridgehead atoms. The molecular formula is C25H26N2O4S. The highest BCUT2D eigenvalue weighted by molar-refractivity contribution is 8.00. The lowest BCUT2D eigenvalue weighted by atomic mass is 10.0. The van der Waals surface area contributed by atoms with Crippen LogP contribution in [0.1, 0.15) is 17.7 Å². The van der Waals surface area contributed by atoms with Gasteiger partial charge in [-0.2, -0.15) is 0 Å². The topological polar surface area (TPSA) is 67.9 Å². The fourth-order valence-corrected chi connectivity index (χ4v) is 5.39. The molecule has 0 radical (unpaired) electrons. The third-order valence-corrected chi connectivity index (χ3v) is 6.94. The molecule has 32 heavy (non-hydrogen) atoms. The normalized spacial score (nSPS) is 18.2. The van der Waals surface area contributed by atoms with Gasteiger partial charge < -0.3 is 19.7 Å². The maximum absolute atomic E-state index is 13.8. The van der Waals surface area contributed by atoms with Crippen LogP contribution >= 0.6 is 11.8 Å². The molecule has 1 aliphatic heterocycles. The molecule has 4 rings (SSSR count). The molecule has 2 unspecified atom stereocenters. The van der Waals surface area contributed by atoms with E-state index in [2.05, 4.69) is 17.4 Å². The van der Waals surface area contributed by atoms with E-state index in [4.69, 9.17) is 9.47 Å². The molecule has 0 fully saturated rings. The Hall–Kier alpha value is -3.03. The number of carbonyl (C=O) groups excluding carboxylic acids is 2. The van der Waals surface area contributed by atoms with Gasteiger partial charge in [-0.25, -0.2) is 0 Å². The van der Waals surface area contributed by atoms with Crippen LogP contribution < -0.4 is 15.0 Å². The van der Waals surface area contributed by atoms with Crippen LogP contribution in [0.25, 0.3) is 10.8 Å². The second-order valence-electron chi connectivity index (χ2n) is 7.57. The summed E-state index contributed by atoms with van der Waals surface area (Å²) in [5.74, 6) is 0.0221. The van der Waals surface area contributed by atoms with Crippen molar-refractivity contribution in [2.75, 3.05) is 32.1 Å². The zero-order valence-corrected chi connectivity index (χ0v) is 19.1. The summed E-state index contributed by atoms with van der Waals surface area (Å²) in [7, 11) is 3.46. The summed E-state index contributed by atoms with van der Waals surface area (Å²) in [6.45, 7) is 2.42. The van der Waals surface area contributed by atoms with Crippen LogP contribution in [-0.2, 0) is 14.3 Å². The monoisotopic (exact) mass is 450 g/mol. The van der Waals surface area contributed by atoms with E-state index < -0.39 is 17.3 Å². The standard InChI is InChI=1S/C25H26N2O4S/c1-16(28)31-22-23(18-8-11-19(30-3)12-9-18)32-24-20-7-5-4-6-17(20)10-13-21(24)27(25(22)29)15-14-26-2/h4-13,22-23,26H,14-15H2,1-3H3. The van der Waals surface area contributed by atoms with Gasteiger partial charge in [-0.15, -0.1) is 11.8 Å². The van der Waals surface area contributed by atoms with E-state index in [0.29, 0.717) is 13.1 Å². The molecule has 7 heteroatoms. The Bertz CT molecular complexity index is 1130. The molecule has 1 aliphatic rings. The van der Waals surface area contributed by atoms with Crippen molar-refractivity contribution >= 4 is 40.1 Å². The first-order chi connectivity index (χ1) is 15.5. The number of ether oxygens (including phenoxy) is 2. The van der Waals surface area contributed by atoms with Crippen LogP contribution in [0.2, 0.25) is 0 Å². The van der Waals surface area contributed by atoms with Gasteiger partial charge in [0.1, 0.15) is 5.75 Å². The SMILES string of the molecule is CNCCN1C(=O)C(OC(C)=O)C(c2ccc(OC)cc2)Sc2c1ccc1ccccc21. The first-order valence-corrected chi connectivity index (χ1v) is 11.4. The number of hydrogen-bond donors (Lipinski definition) is 1. The van der Waals surface area contributed by atoms with Crippen molar-refractivity contribution in [2.45, 2.75) is 23.2 Å². The van der Waals surface area contributed by atoms with Gasteiger partial charge in [-0.3, -0.25) is 9.59 Å². The van der Waals surface area contributed by atoms with Crippen molar-refractivity contribution in [2.24, 2.45) is 0 Å². The van der Waals surface area contributed by atoms with Gasteiger partial charge in [-0.05, 0) is 41.6 Å². The Morgan fingerprint density at radius 3 is 2.53 bits per heavy atom. The molecule has 1 amide bonds. The number of nitrogens with one attached hydrogen (secondary N) is 1. The van der Waals surface area contributed by atoms with Crippen molar-refractivity contribution in [1.29, 1.82) is 0 Å². The Kier molecular flexibility index (Phi) is 6.67. The van der Waals surface area contributed by atoms with Gasteiger partial charge in [0.15, 0.2) is 6.10 Å². The maximum atomic E-state index is 13.8. The van der Waals surface area contributed by atoms with Crippen molar-refractivity contribution in [3.63, 3.8) is 0 Å².